The lowest BCUT2D eigenvalue weighted by Crippen LogP contribution is -2.06. The highest BCUT2D eigenvalue weighted by molar-refractivity contribution is 5.81. The van der Waals surface area contributed by atoms with Crippen molar-refractivity contribution in [2.75, 3.05) is 6.61 Å². The summed E-state index contributed by atoms with van der Waals surface area (Å²) in [6, 6.07) is 9.38. The molecule has 0 aliphatic carbocycles. The van der Waals surface area contributed by atoms with Crippen LogP contribution >= 0.6 is 0 Å². The molecule has 0 heterocycles. The Morgan fingerprint density at radius 2 is 1.91 bits per heavy atom. The minimum Gasteiger partial charge on any atom is -0.389 e. The van der Waals surface area contributed by atoms with Gasteiger partial charge in [-0.05, 0) is 5.56 Å². The molecular weight excluding hydrogens is 140 g/mol. The Morgan fingerprint density at radius 3 is 2.45 bits per heavy atom. The highest BCUT2D eigenvalue weighted by Crippen LogP contribution is 1.99. The summed E-state index contributed by atoms with van der Waals surface area (Å²) in [6.07, 6.45) is 0.331. The van der Waals surface area contributed by atoms with Crippen molar-refractivity contribution in [3.05, 3.63) is 35.9 Å². The Kier molecular flexibility index (Phi) is 2.81. The molecule has 2 heteroatoms. The molecule has 1 rings (SSSR count). The van der Waals surface area contributed by atoms with Gasteiger partial charge in [0.1, 0.15) is 6.61 Å². The first-order valence-corrected chi connectivity index (χ1v) is 3.49. The number of aliphatic hydroxyl groups is 1. The maximum Gasteiger partial charge on any atom is 0.162 e. The Bertz CT molecular complexity index is 229. The number of carbonyl (C=O) groups is 1. The summed E-state index contributed by atoms with van der Waals surface area (Å²) in [6.45, 7) is -0.366. The number of hydrogen-bond donors (Lipinski definition) is 1. The molecule has 0 aromatic heterocycles. The van der Waals surface area contributed by atoms with Crippen molar-refractivity contribution in [3.8, 4) is 0 Å². The molecule has 0 saturated heterocycles. The van der Waals surface area contributed by atoms with Gasteiger partial charge in [0.05, 0.1) is 0 Å². The van der Waals surface area contributed by atoms with Gasteiger partial charge in [-0.1, -0.05) is 30.3 Å². The average Bonchev–Trinajstić information content (AvgIpc) is 2.06. The van der Waals surface area contributed by atoms with E-state index in [4.69, 9.17) is 5.11 Å². The van der Waals surface area contributed by atoms with Crippen molar-refractivity contribution < 1.29 is 9.90 Å². The van der Waals surface area contributed by atoms with Gasteiger partial charge in [0.15, 0.2) is 5.78 Å². The summed E-state index contributed by atoms with van der Waals surface area (Å²) in [5.41, 5.74) is 0.951. The molecule has 0 bridgehead atoms. The topological polar surface area (TPSA) is 37.3 Å². The van der Waals surface area contributed by atoms with Crippen molar-refractivity contribution in [1.82, 2.24) is 0 Å². The molecule has 0 aliphatic heterocycles. The lowest BCUT2D eigenvalue weighted by Gasteiger charge is -1.95. The van der Waals surface area contributed by atoms with E-state index in [-0.39, 0.29) is 12.4 Å². The summed E-state index contributed by atoms with van der Waals surface area (Å²) in [7, 11) is 0. The van der Waals surface area contributed by atoms with Crippen molar-refractivity contribution in [2.45, 2.75) is 6.42 Å². The van der Waals surface area contributed by atoms with E-state index in [1.165, 1.54) is 0 Å². The van der Waals surface area contributed by atoms with Crippen LogP contribution in [0.15, 0.2) is 30.3 Å². The Labute approximate surface area is 65.5 Å². The molecule has 0 radical (unpaired) electrons. The van der Waals surface area contributed by atoms with Crippen LogP contribution in [0.25, 0.3) is 0 Å². The zero-order chi connectivity index (χ0) is 8.10. The molecule has 11 heavy (non-hydrogen) atoms. The third kappa shape index (κ3) is 2.51. The Morgan fingerprint density at radius 1 is 1.27 bits per heavy atom. The van der Waals surface area contributed by atoms with E-state index in [9.17, 15) is 4.79 Å². The molecule has 1 aromatic rings. The van der Waals surface area contributed by atoms with Crippen LogP contribution in [-0.4, -0.2) is 17.5 Å². The molecule has 0 fully saturated rings. The fourth-order valence-corrected chi connectivity index (χ4v) is 0.879. The number of ketones is 1. The molecule has 2 nitrogen and oxygen atoms in total. The predicted octanol–water partition coefficient (Wildman–Crippen LogP) is 0.791. The normalized spacial score (nSPS) is 9.55. The van der Waals surface area contributed by atoms with Gasteiger partial charge in [-0.3, -0.25) is 4.79 Å². The highest BCUT2D eigenvalue weighted by atomic mass is 16.3. The SMILES string of the molecule is O=C(CO)Cc1ccccc1. The summed E-state index contributed by atoms with van der Waals surface area (Å²) < 4.78 is 0. The molecule has 0 unspecified atom stereocenters. The van der Waals surface area contributed by atoms with E-state index in [2.05, 4.69) is 0 Å². The van der Waals surface area contributed by atoms with Crippen LogP contribution in [0.4, 0.5) is 0 Å². The predicted molar refractivity (Wildman–Crippen MR) is 42.2 cm³/mol. The van der Waals surface area contributed by atoms with Gasteiger partial charge >= 0.3 is 0 Å². The molecule has 0 amide bonds. The largest absolute Gasteiger partial charge is 0.389 e. The van der Waals surface area contributed by atoms with Crippen molar-refractivity contribution >= 4 is 5.78 Å². The van der Waals surface area contributed by atoms with Crippen LogP contribution in [0.3, 0.4) is 0 Å². The van der Waals surface area contributed by atoms with E-state index in [0.717, 1.165) is 5.56 Å². The minimum atomic E-state index is -0.366. The molecule has 1 aromatic carbocycles. The van der Waals surface area contributed by atoms with Crippen molar-refractivity contribution in [3.63, 3.8) is 0 Å². The van der Waals surface area contributed by atoms with Crippen LogP contribution in [0, 0.1) is 0 Å². The van der Waals surface area contributed by atoms with Gasteiger partial charge in [0, 0.05) is 6.42 Å². The molecule has 1 N–H and O–H groups in total. The standard InChI is InChI=1S/C9H10O2/c10-7-9(11)6-8-4-2-1-3-5-8/h1-5,10H,6-7H2. The van der Waals surface area contributed by atoms with E-state index in [1.807, 2.05) is 30.3 Å². The lowest BCUT2D eigenvalue weighted by atomic mass is 10.1. The molecule has 0 spiro atoms. The molecular formula is C9H10O2. The molecule has 0 saturated carbocycles. The Balaban J connectivity index is 2.58. The number of benzene rings is 1. The molecule has 0 aliphatic rings. The van der Waals surface area contributed by atoms with E-state index < -0.39 is 0 Å². The summed E-state index contributed by atoms with van der Waals surface area (Å²) >= 11 is 0. The maximum atomic E-state index is 10.7. The second kappa shape index (κ2) is 3.88. The number of rotatable bonds is 3. The zero-order valence-corrected chi connectivity index (χ0v) is 6.16. The zero-order valence-electron chi connectivity index (χ0n) is 6.16. The second-order valence-corrected chi connectivity index (χ2v) is 2.36. The highest BCUT2D eigenvalue weighted by Gasteiger charge is 1.99. The first kappa shape index (κ1) is 7.95. The molecule has 0 atom stereocenters. The number of carbonyl (C=O) groups excluding carboxylic acids is 1. The van der Waals surface area contributed by atoms with Gasteiger partial charge in [0.2, 0.25) is 0 Å². The third-order valence-electron chi connectivity index (χ3n) is 1.42. The maximum absolute atomic E-state index is 10.7. The van der Waals surface area contributed by atoms with Crippen LogP contribution in [0.5, 0.6) is 0 Å². The smallest absolute Gasteiger partial charge is 0.162 e. The fourth-order valence-electron chi connectivity index (χ4n) is 0.879. The lowest BCUT2D eigenvalue weighted by molar-refractivity contribution is -0.121. The third-order valence-corrected chi connectivity index (χ3v) is 1.42. The van der Waals surface area contributed by atoms with E-state index >= 15 is 0 Å². The first-order chi connectivity index (χ1) is 5.33. The summed E-state index contributed by atoms with van der Waals surface area (Å²) in [5.74, 6) is -0.142. The fraction of sp³-hybridized carbons (Fsp3) is 0.222. The monoisotopic (exact) mass is 150 g/mol. The van der Waals surface area contributed by atoms with Crippen LogP contribution in [0.2, 0.25) is 0 Å². The first-order valence-electron chi connectivity index (χ1n) is 3.49. The Hall–Kier alpha value is -1.15. The van der Waals surface area contributed by atoms with E-state index in [0.29, 0.717) is 6.42 Å². The van der Waals surface area contributed by atoms with Crippen molar-refractivity contribution in [2.24, 2.45) is 0 Å². The van der Waals surface area contributed by atoms with Gasteiger partial charge in [-0.2, -0.15) is 0 Å². The number of hydrogen-bond acceptors (Lipinski definition) is 2. The van der Waals surface area contributed by atoms with Gasteiger partial charge in [-0.25, -0.2) is 0 Å². The molecule has 58 valence electrons. The minimum absolute atomic E-state index is 0.142. The second-order valence-electron chi connectivity index (χ2n) is 2.36. The average molecular weight is 150 g/mol. The van der Waals surface area contributed by atoms with Crippen LogP contribution < -0.4 is 0 Å². The van der Waals surface area contributed by atoms with E-state index in [1.54, 1.807) is 0 Å². The number of aliphatic hydroxyl groups excluding tert-OH is 1. The van der Waals surface area contributed by atoms with Crippen LogP contribution in [0.1, 0.15) is 5.56 Å². The summed E-state index contributed by atoms with van der Waals surface area (Å²) in [5, 5.41) is 8.45. The van der Waals surface area contributed by atoms with Crippen molar-refractivity contribution in [1.29, 1.82) is 0 Å². The van der Waals surface area contributed by atoms with Gasteiger partial charge < -0.3 is 5.11 Å². The quantitative estimate of drug-likeness (QED) is 0.691. The number of Topliss-reactive ketones (excluding diaryl/α,β-unsaturated/α-hetero) is 1. The van der Waals surface area contributed by atoms with Gasteiger partial charge in [0.25, 0.3) is 0 Å². The van der Waals surface area contributed by atoms with Crippen LogP contribution in [-0.2, 0) is 11.2 Å². The van der Waals surface area contributed by atoms with Gasteiger partial charge in [-0.15, -0.1) is 0 Å². The summed E-state index contributed by atoms with van der Waals surface area (Å²) in [4.78, 5) is 10.7.